The van der Waals surface area contributed by atoms with Gasteiger partial charge in [0, 0.05) is 37.8 Å². The highest BCUT2D eigenvalue weighted by Crippen LogP contribution is 2.31. The van der Waals surface area contributed by atoms with Gasteiger partial charge >= 0.3 is 0 Å². The molecule has 29 heavy (non-hydrogen) atoms. The largest absolute Gasteiger partial charge is 0.354 e. The fourth-order valence-electron chi connectivity index (χ4n) is 3.96. The van der Waals surface area contributed by atoms with Crippen LogP contribution in [0.1, 0.15) is 12.8 Å². The predicted molar refractivity (Wildman–Crippen MR) is 119 cm³/mol. The molecule has 1 aliphatic rings. The van der Waals surface area contributed by atoms with E-state index in [1.165, 1.54) is 0 Å². The van der Waals surface area contributed by atoms with Crippen LogP contribution in [0.25, 0.3) is 21.6 Å². The molecule has 6 nitrogen and oxygen atoms in total. The molecule has 0 spiro atoms. The molecule has 3 aromatic heterocycles. The predicted octanol–water partition coefficient (Wildman–Crippen LogP) is 4.25. The first-order valence-electron chi connectivity index (χ1n) is 9.86. The lowest BCUT2D eigenvalue weighted by Crippen LogP contribution is -2.47. The number of hydrogen-bond donors (Lipinski definition) is 0. The first kappa shape index (κ1) is 18.0. The molecule has 5 rings (SSSR count). The van der Waals surface area contributed by atoms with Crippen LogP contribution < -0.4 is 9.80 Å². The Balaban J connectivity index is 1.51. The average Bonchev–Trinajstić information content (AvgIpc) is 3.34. The minimum absolute atomic E-state index is 0.347. The molecule has 4 aromatic rings. The molecule has 146 valence electrons. The summed E-state index contributed by atoms with van der Waals surface area (Å²) >= 11 is 1.67. The van der Waals surface area contributed by atoms with E-state index in [-0.39, 0.29) is 0 Å². The van der Waals surface area contributed by atoms with Crippen molar-refractivity contribution in [3.63, 3.8) is 0 Å². The number of hydrogen-bond acceptors (Lipinski definition) is 7. The smallest absolute Gasteiger partial charge is 0.172 e. The van der Waals surface area contributed by atoms with Crippen molar-refractivity contribution in [3.05, 3.63) is 60.1 Å². The zero-order chi connectivity index (χ0) is 19.6. The third-order valence-electron chi connectivity index (χ3n) is 5.49. The van der Waals surface area contributed by atoms with Crippen molar-refractivity contribution < 1.29 is 0 Å². The second-order valence-electron chi connectivity index (χ2n) is 7.30. The quantitative estimate of drug-likeness (QED) is 0.509. The SMILES string of the molecule is CN(c1nc(-c2cccs2)nc2ccccc12)C1CCCN(c2cccnn2)C1. The first-order chi connectivity index (χ1) is 14.3. The molecule has 1 aromatic carbocycles. The fourth-order valence-corrected chi connectivity index (χ4v) is 4.62. The van der Waals surface area contributed by atoms with Crippen LogP contribution in [0.2, 0.25) is 0 Å². The normalized spacial score (nSPS) is 16.9. The van der Waals surface area contributed by atoms with E-state index in [2.05, 4.69) is 56.7 Å². The Labute approximate surface area is 173 Å². The van der Waals surface area contributed by atoms with E-state index in [1.54, 1.807) is 17.5 Å². The molecule has 0 saturated carbocycles. The van der Waals surface area contributed by atoms with Crippen molar-refractivity contribution in [2.24, 2.45) is 0 Å². The summed E-state index contributed by atoms with van der Waals surface area (Å²) < 4.78 is 0. The summed E-state index contributed by atoms with van der Waals surface area (Å²) in [6.45, 7) is 1.91. The number of benzene rings is 1. The lowest BCUT2D eigenvalue weighted by Gasteiger charge is -2.38. The average molecular weight is 403 g/mol. The number of thiophene rings is 1. The minimum Gasteiger partial charge on any atom is -0.354 e. The van der Waals surface area contributed by atoms with Crippen LogP contribution >= 0.6 is 11.3 Å². The van der Waals surface area contributed by atoms with Crippen molar-refractivity contribution in [2.75, 3.05) is 29.9 Å². The van der Waals surface area contributed by atoms with Crippen LogP contribution in [0.15, 0.2) is 60.1 Å². The lowest BCUT2D eigenvalue weighted by atomic mass is 10.0. The number of fused-ring (bicyclic) bond motifs is 1. The molecule has 1 fully saturated rings. The monoisotopic (exact) mass is 402 g/mol. The highest BCUT2D eigenvalue weighted by atomic mass is 32.1. The van der Waals surface area contributed by atoms with Crippen LogP contribution in [-0.4, -0.2) is 46.3 Å². The van der Waals surface area contributed by atoms with Crippen LogP contribution in [0.4, 0.5) is 11.6 Å². The number of anilines is 2. The van der Waals surface area contributed by atoms with Gasteiger partial charge in [0.25, 0.3) is 0 Å². The summed E-state index contributed by atoms with van der Waals surface area (Å²) in [5.74, 6) is 2.73. The van der Waals surface area contributed by atoms with E-state index in [0.717, 1.165) is 59.2 Å². The Morgan fingerprint density at radius 2 is 2.00 bits per heavy atom. The maximum atomic E-state index is 5.00. The van der Waals surface area contributed by atoms with Crippen molar-refractivity contribution in [2.45, 2.75) is 18.9 Å². The third kappa shape index (κ3) is 3.53. The van der Waals surface area contributed by atoms with Gasteiger partial charge in [-0.05, 0) is 48.6 Å². The zero-order valence-corrected chi connectivity index (χ0v) is 17.1. The van der Waals surface area contributed by atoms with Gasteiger partial charge in [0.15, 0.2) is 11.6 Å². The molecule has 0 amide bonds. The second kappa shape index (κ2) is 7.75. The molecular weight excluding hydrogens is 380 g/mol. The van der Waals surface area contributed by atoms with Gasteiger partial charge in [-0.15, -0.1) is 16.4 Å². The van der Waals surface area contributed by atoms with Gasteiger partial charge in [0.1, 0.15) is 5.82 Å². The molecule has 1 unspecified atom stereocenters. The van der Waals surface area contributed by atoms with Crippen LogP contribution in [0.3, 0.4) is 0 Å². The third-order valence-corrected chi connectivity index (χ3v) is 6.35. The summed E-state index contributed by atoms with van der Waals surface area (Å²) in [4.78, 5) is 15.5. The van der Waals surface area contributed by atoms with E-state index >= 15 is 0 Å². The Bertz CT molecular complexity index is 1100. The maximum absolute atomic E-state index is 5.00. The Morgan fingerprint density at radius 1 is 1.07 bits per heavy atom. The molecule has 0 aliphatic carbocycles. The highest BCUT2D eigenvalue weighted by Gasteiger charge is 2.26. The number of piperidine rings is 1. The molecule has 0 bridgehead atoms. The van der Waals surface area contributed by atoms with E-state index in [4.69, 9.17) is 9.97 Å². The Morgan fingerprint density at radius 3 is 2.83 bits per heavy atom. The van der Waals surface area contributed by atoms with Crippen molar-refractivity contribution in [1.29, 1.82) is 0 Å². The molecule has 1 atom stereocenters. The first-order valence-corrected chi connectivity index (χ1v) is 10.7. The molecule has 0 radical (unpaired) electrons. The molecule has 1 aliphatic heterocycles. The second-order valence-corrected chi connectivity index (χ2v) is 8.25. The van der Waals surface area contributed by atoms with E-state index in [9.17, 15) is 0 Å². The van der Waals surface area contributed by atoms with Gasteiger partial charge < -0.3 is 9.80 Å². The van der Waals surface area contributed by atoms with Crippen molar-refractivity contribution >= 4 is 33.9 Å². The standard InChI is InChI=1S/C22H22N6S/c1-27(16-7-5-13-28(15-16)20-11-4-12-23-26-20)22-17-8-2-3-9-18(17)24-21(25-22)19-10-6-14-29-19/h2-4,6,8-12,14,16H,5,7,13,15H2,1H3. The van der Waals surface area contributed by atoms with Gasteiger partial charge in [0.05, 0.1) is 10.4 Å². The van der Waals surface area contributed by atoms with Gasteiger partial charge in [-0.25, -0.2) is 9.97 Å². The van der Waals surface area contributed by atoms with E-state index in [0.29, 0.717) is 6.04 Å². The lowest BCUT2D eigenvalue weighted by molar-refractivity contribution is 0.483. The molecule has 7 heteroatoms. The number of nitrogens with zero attached hydrogens (tertiary/aromatic N) is 6. The summed E-state index contributed by atoms with van der Waals surface area (Å²) in [7, 11) is 2.15. The number of likely N-dealkylation sites (N-methyl/N-ethyl adjacent to an activating group) is 1. The van der Waals surface area contributed by atoms with Crippen LogP contribution in [0.5, 0.6) is 0 Å². The van der Waals surface area contributed by atoms with Crippen molar-refractivity contribution in [1.82, 2.24) is 20.2 Å². The van der Waals surface area contributed by atoms with Crippen LogP contribution in [0, 0.1) is 0 Å². The van der Waals surface area contributed by atoms with Gasteiger partial charge in [-0.1, -0.05) is 18.2 Å². The zero-order valence-electron chi connectivity index (χ0n) is 16.3. The molecule has 1 saturated heterocycles. The summed E-state index contributed by atoms with van der Waals surface area (Å²) in [5, 5.41) is 11.5. The summed E-state index contributed by atoms with van der Waals surface area (Å²) in [5.41, 5.74) is 0.981. The van der Waals surface area contributed by atoms with E-state index < -0.39 is 0 Å². The Kier molecular flexibility index (Phi) is 4.81. The number of aromatic nitrogens is 4. The molecular formula is C22H22N6S. The topological polar surface area (TPSA) is 58.0 Å². The fraction of sp³-hybridized carbons (Fsp3) is 0.273. The van der Waals surface area contributed by atoms with E-state index in [1.807, 2.05) is 24.3 Å². The van der Waals surface area contributed by atoms with Crippen molar-refractivity contribution in [3.8, 4) is 10.7 Å². The van der Waals surface area contributed by atoms with Crippen LogP contribution in [-0.2, 0) is 0 Å². The minimum atomic E-state index is 0.347. The summed E-state index contributed by atoms with van der Waals surface area (Å²) in [6, 6.07) is 16.7. The number of para-hydroxylation sites is 1. The summed E-state index contributed by atoms with van der Waals surface area (Å²) in [6.07, 6.45) is 3.96. The highest BCUT2D eigenvalue weighted by molar-refractivity contribution is 7.13. The maximum Gasteiger partial charge on any atom is 0.172 e. The molecule has 0 N–H and O–H groups in total. The van der Waals surface area contributed by atoms with Gasteiger partial charge in [0.2, 0.25) is 0 Å². The van der Waals surface area contributed by atoms with Gasteiger partial charge in [-0.3, -0.25) is 0 Å². The van der Waals surface area contributed by atoms with Gasteiger partial charge in [-0.2, -0.15) is 5.10 Å². The molecule has 4 heterocycles. The Hall–Kier alpha value is -3.06. The number of rotatable bonds is 4.